The Labute approximate surface area is 107 Å². The van der Waals surface area contributed by atoms with Crippen LogP contribution in [0.3, 0.4) is 0 Å². The first-order chi connectivity index (χ1) is 8.30. The molecule has 0 spiro atoms. The van der Waals surface area contributed by atoms with E-state index in [2.05, 4.69) is 4.72 Å². The molecule has 0 aliphatic carbocycles. The van der Waals surface area contributed by atoms with Crippen LogP contribution in [0.5, 0.6) is 0 Å². The first-order valence-electron chi connectivity index (χ1n) is 5.64. The number of benzene rings is 1. The molecule has 0 amide bonds. The van der Waals surface area contributed by atoms with Gasteiger partial charge in [-0.15, -0.1) is 0 Å². The van der Waals surface area contributed by atoms with Crippen molar-refractivity contribution < 1.29 is 18.3 Å². The minimum absolute atomic E-state index is 0.0609. The van der Waals surface area contributed by atoms with Crippen LogP contribution in [0.15, 0.2) is 24.3 Å². The van der Waals surface area contributed by atoms with Crippen LogP contribution in [-0.4, -0.2) is 25.2 Å². The SMILES string of the molecule is CC(C)CCS(=O)(=O)Nc1ccc(C(=O)O)cc1. The Balaban J connectivity index is 2.69. The van der Waals surface area contributed by atoms with Gasteiger partial charge in [0.2, 0.25) is 10.0 Å². The second-order valence-electron chi connectivity index (χ2n) is 4.49. The van der Waals surface area contributed by atoms with E-state index in [1.54, 1.807) is 0 Å². The van der Waals surface area contributed by atoms with Crippen molar-refractivity contribution in [3.8, 4) is 0 Å². The molecule has 0 heterocycles. The maximum Gasteiger partial charge on any atom is 0.335 e. The van der Waals surface area contributed by atoms with Gasteiger partial charge in [0.1, 0.15) is 0 Å². The van der Waals surface area contributed by atoms with Crippen molar-refractivity contribution in [1.29, 1.82) is 0 Å². The van der Waals surface area contributed by atoms with Crippen LogP contribution in [0.2, 0.25) is 0 Å². The lowest BCUT2D eigenvalue weighted by Crippen LogP contribution is -2.17. The van der Waals surface area contributed by atoms with E-state index in [4.69, 9.17) is 5.11 Å². The zero-order valence-corrected chi connectivity index (χ0v) is 11.2. The quantitative estimate of drug-likeness (QED) is 0.830. The van der Waals surface area contributed by atoms with Crippen LogP contribution in [0.1, 0.15) is 30.6 Å². The number of aromatic carboxylic acids is 1. The van der Waals surface area contributed by atoms with E-state index in [1.807, 2.05) is 13.8 Å². The molecule has 2 N–H and O–H groups in total. The monoisotopic (exact) mass is 271 g/mol. The number of nitrogens with one attached hydrogen (secondary N) is 1. The topological polar surface area (TPSA) is 83.5 Å². The van der Waals surface area contributed by atoms with Gasteiger partial charge in [-0.1, -0.05) is 13.8 Å². The standard InChI is InChI=1S/C12H17NO4S/c1-9(2)7-8-18(16,17)13-11-5-3-10(4-6-11)12(14)15/h3-6,9,13H,7-8H2,1-2H3,(H,14,15). The smallest absolute Gasteiger partial charge is 0.335 e. The maximum atomic E-state index is 11.7. The van der Waals surface area contributed by atoms with Crippen LogP contribution in [-0.2, 0) is 10.0 Å². The molecule has 0 aliphatic heterocycles. The summed E-state index contributed by atoms with van der Waals surface area (Å²) in [4.78, 5) is 10.6. The van der Waals surface area contributed by atoms with Crippen LogP contribution >= 0.6 is 0 Å². The van der Waals surface area contributed by atoms with Crippen molar-refractivity contribution in [1.82, 2.24) is 0 Å². The number of carbonyl (C=O) groups is 1. The molecule has 0 aliphatic rings. The number of hydrogen-bond donors (Lipinski definition) is 2. The second-order valence-corrected chi connectivity index (χ2v) is 6.33. The Morgan fingerprint density at radius 3 is 2.28 bits per heavy atom. The first-order valence-corrected chi connectivity index (χ1v) is 7.29. The molecule has 0 saturated heterocycles. The number of anilines is 1. The highest BCUT2D eigenvalue weighted by Gasteiger charge is 2.11. The minimum Gasteiger partial charge on any atom is -0.478 e. The van der Waals surface area contributed by atoms with Gasteiger partial charge in [-0.25, -0.2) is 13.2 Å². The van der Waals surface area contributed by atoms with E-state index in [-0.39, 0.29) is 11.3 Å². The lowest BCUT2D eigenvalue weighted by Gasteiger charge is -2.09. The van der Waals surface area contributed by atoms with Crippen molar-refractivity contribution >= 4 is 21.7 Å². The average Bonchev–Trinajstić information content (AvgIpc) is 2.27. The van der Waals surface area contributed by atoms with Gasteiger partial charge in [0.15, 0.2) is 0 Å². The molecule has 0 saturated carbocycles. The van der Waals surface area contributed by atoms with E-state index < -0.39 is 16.0 Å². The minimum atomic E-state index is -3.36. The molecule has 1 aromatic rings. The molecular weight excluding hydrogens is 254 g/mol. The van der Waals surface area contributed by atoms with Gasteiger partial charge in [-0.2, -0.15) is 0 Å². The average molecular weight is 271 g/mol. The molecule has 1 aromatic carbocycles. The Morgan fingerprint density at radius 2 is 1.83 bits per heavy atom. The number of carboxylic acids is 1. The number of carboxylic acid groups (broad SMARTS) is 1. The summed E-state index contributed by atoms with van der Waals surface area (Å²) in [5.74, 6) is -0.661. The van der Waals surface area contributed by atoms with Gasteiger partial charge < -0.3 is 5.11 Å². The summed E-state index contributed by atoms with van der Waals surface area (Å²) in [6.45, 7) is 3.91. The summed E-state index contributed by atoms with van der Waals surface area (Å²) in [5.41, 5.74) is 0.504. The highest BCUT2D eigenvalue weighted by molar-refractivity contribution is 7.92. The van der Waals surface area contributed by atoms with Crippen molar-refractivity contribution in [2.24, 2.45) is 5.92 Å². The highest BCUT2D eigenvalue weighted by Crippen LogP contribution is 2.13. The molecule has 100 valence electrons. The molecule has 0 aromatic heterocycles. The second kappa shape index (κ2) is 5.86. The van der Waals surface area contributed by atoms with E-state index in [9.17, 15) is 13.2 Å². The maximum absolute atomic E-state index is 11.7. The molecular formula is C12H17NO4S. The highest BCUT2D eigenvalue weighted by atomic mass is 32.2. The first kappa shape index (κ1) is 14.5. The Morgan fingerprint density at radius 1 is 1.28 bits per heavy atom. The molecule has 5 nitrogen and oxygen atoms in total. The summed E-state index contributed by atoms with van der Waals surface area (Å²) in [7, 11) is -3.36. The summed E-state index contributed by atoms with van der Waals surface area (Å²) >= 11 is 0. The third kappa shape index (κ3) is 4.75. The van der Waals surface area contributed by atoms with Gasteiger partial charge in [0, 0.05) is 5.69 Å². The van der Waals surface area contributed by atoms with Gasteiger partial charge in [-0.05, 0) is 36.6 Å². The molecule has 0 atom stereocenters. The summed E-state index contributed by atoms with van der Waals surface area (Å²) in [5, 5.41) is 8.71. The van der Waals surface area contributed by atoms with Gasteiger partial charge in [0.25, 0.3) is 0 Å². The van der Waals surface area contributed by atoms with Gasteiger partial charge >= 0.3 is 5.97 Å². The summed E-state index contributed by atoms with van der Waals surface area (Å²) < 4.78 is 25.8. The zero-order valence-electron chi connectivity index (χ0n) is 10.4. The van der Waals surface area contributed by atoms with Gasteiger partial charge in [0.05, 0.1) is 11.3 Å². The van der Waals surface area contributed by atoms with E-state index in [0.717, 1.165) is 0 Å². The van der Waals surface area contributed by atoms with Crippen LogP contribution in [0.4, 0.5) is 5.69 Å². The molecule has 0 radical (unpaired) electrons. The summed E-state index contributed by atoms with van der Waals surface area (Å²) in [6, 6.07) is 5.61. The van der Waals surface area contributed by atoms with Crippen LogP contribution in [0.25, 0.3) is 0 Å². The van der Waals surface area contributed by atoms with Crippen molar-refractivity contribution in [2.75, 3.05) is 10.5 Å². The molecule has 0 bridgehead atoms. The fourth-order valence-electron chi connectivity index (χ4n) is 1.30. The van der Waals surface area contributed by atoms with Crippen LogP contribution in [0, 0.1) is 5.92 Å². The Hall–Kier alpha value is -1.56. The van der Waals surface area contributed by atoms with Crippen LogP contribution < -0.4 is 4.72 Å². The van der Waals surface area contributed by atoms with E-state index in [1.165, 1.54) is 24.3 Å². The Kier molecular flexibility index (Phi) is 4.72. The summed E-state index contributed by atoms with van der Waals surface area (Å²) in [6.07, 6.45) is 0.586. The van der Waals surface area contributed by atoms with Crippen molar-refractivity contribution in [3.63, 3.8) is 0 Å². The van der Waals surface area contributed by atoms with E-state index in [0.29, 0.717) is 18.0 Å². The van der Waals surface area contributed by atoms with E-state index >= 15 is 0 Å². The molecule has 1 rings (SSSR count). The largest absolute Gasteiger partial charge is 0.478 e. The predicted molar refractivity (Wildman–Crippen MR) is 70.3 cm³/mol. The molecule has 18 heavy (non-hydrogen) atoms. The van der Waals surface area contributed by atoms with Crippen molar-refractivity contribution in [2.45, 2.75) is 20.3 Å². The van der Waals surface area contributed by atoms with Crippen molar-refractivity contribution in [3.05, 3.63) is 29.8 Å². The number of hydrogen-bond acceptors (Lipinski definition) is 3. The number of rotatable bonds is 6. The molecule has 0 fully saturated rings. The normalized spacial score (nSPS) is 11.5. The Bertz CT molecular complexity index is 505. The fraction of sp³-hybridized carbons (Fsp3) is 0.417. The lowest BCUT2D eigenvalue weighted by molar-refractivity contribution is 0.0697. The fourth-order valence-corrected chi connectivity index (χ4v) is 2.68. The lowest BCUT2D eigenvalue weighted by atomic mass is 10.2. The third-order valence-corrected chi connectivity index (χ3v) is 3.69. The molecule has 6 heteroatoms. The predicted octanol–water partition coefficient (Wildman–Crippen LogP) is 2.17. The third-order valence-electron chi connectivity index (χ3n) is 2.37. The zero-order chi connectivity index (χ0) is 13.8. The molecule has 0 unspecified atom stereocenters. The van der Waals surface area contributed by atoms with Gasteiger partial charge in [-0.3, -0.25) is 4.72 Å². The number of sulfonamides is 1.